The Hall–Kier alpha value is -2.87. The van der Waals surface area contributed by atoms with Crippen LogP contribution in [0.1, 0.15) is 18.9 Å². The van der Waals surface area contributed by atoms with E-state index in [-0.39, 0.29) is 5.91 Å². The van der Waals surface area contributed by atoms with Gasteiger partial charge in [-0.3, -0.25) is 4.79 Å². The lowest BCUT2D eigenvalue weighted by molar-refractivity contribution is -0.111. The molecule has 2 heteroatoms. The van der Waals surface area contributed by atoms with Gasteiger partial charge in [-0.25, -0.2) is 0 Å². The van der Waals surface area contributed by atoms with Crippen LogP contribution in [0.25, 0.3) is 16.3 Å². The average molecular weight is 301 g/mol. The quantitative estimate of drug-likeness (QED) is 0.653. The summed E-state index contributed by atoms with van der Waals surface area (Å²) in [6, 6.07) is 23.8. The lowest BCUT2D eigenvalue weighted by Gasteiger charge is -2.11. The second-order valence-electron chi connectivity index (χ2n) is 5.37. The zero-order valence-electron chi connectivity index (χ0n) is 13.1. The number of rotatable bonds is 4. The largest absolute Gasteiger partial charge is 0.321 e. The van der Waals surface area contributed by atoms with Crippen LogP contribution >= 0.6 is 0 Å². The molecule has 3 rings (SSSR count). The molecule has 0 radical (unpaired) electrons. The number of hydrogen-bond acceptors (Lipinski definition) is 1. The zero-order valence-corrected chi connectivity index (χ0v) is 13.1. The predicted molar refractivity (Wildman–Crippen MR) is 97.3 cm³/mol. The smallest absolute Gasteiger partial charge is 0.255 e. The van der Waals surface area contributed by atoms with Crippen LogP contribution in [0.5, 0.6) is 0 Å². The summed E-state index contributed by atoms with van der Waals surface area (Å²) < 4.78 is 0. The highest BCUT2D eigenvalue weighted by atomic mass is 16.1. The number of nitrogens with one attached hydrogen (secondary N) is 1. The van der Waals surface area contributed by atoms with Crippen LogP contribution in [-0.4, -0.2) is 5.91 Å². The first-order valence-electron chi connectivity index (χ1n) is 7.84. The summed E-state index contributed by atoms with van der Waals surface area (Å²) in [5.74, 6) is -0.0746. The Labute approximate surface area is 136 Å². The van der Waals surface area contributed by atoms with E-state index in [9.17, 15) is 4.79 Å². The second kappa shape index (κ2) is 6.93. The lowest BCUT2D eigenvalue weighted by Crippen LogP contribution is -2.14. The molecule has 0 fully saturated rings. The Kier molecular flexibility index (Phi) is 4.53. The fourth-order valence-corrected chi connectivity index (χ4v) is 2.69. The summed E-state index contributed by atoms with van der Waals surface area (Å²) in [6.45, 7) is 2.04. The topological polar surface area (TPSA) is 29.1 Å². The summed E-state index contributed by atoms with van der Waals surface area (Å²) >= 11 is 0. The first-order chi connectivity index (χ1) is 11.3. The molecule has 0 atom stereocenters. The van der Waals surface area contributed by atoms with Crippen LogP contribution in [0.4, 0.5) is 5.69 Å². The van der Waals surface area contributed by atoms with Crippen molar-refractivity contribution in [3.05, 3.63) is 84.4 Å². The second-order valence-corrected chi connectivity index (χ2v) is 5.37. The van der Waals surface area contributed by atoms with E-state index in [0.29, 0.717) is 5.57 Å². The van der Waals surface area contributed by atoms with E-state index in [1.54, 1.807) is 0 Å². The fourth-order valence-electron chi connectivity index (χ4n) is 2.69. The minimum absolute atomic E-state index is 0.0746. The number of amides is 1. The van der Waals surface area contributed by atoms with Gasteiger partial charge in [0.2, 0.25) is 0 Å². The Bertz CT molecular complexity index is 845. The molecule has 0 aliphatic heterocycles. The number of allylic oxidation sites excluding steroid dienone is 1. The first kappa shape index (κ1) is 15.0. The van der Waals surface area contributed by atoms with E-state index in [4.69, 9.17) is 0 Å². The van der Waals surface area contributed by atoms with Gasteiger partial charge in [-0.2, -0.15) is 0 Å². The van der Waals surface area contributed by atoms with Crippen molar-refractivity contribution in [3.8, 4) is 0 Å². The molecule has 114 valence electrons. The molecule has 0 aliphatic carbocycles. The van der Waals surface area contributed by atoms with Crippen molar-refractivity contribution in [1.82, 2.24) is 0 Å². The van der Waals surface area contributed by atoms with Crippen LogP contribution in [-0.2, 0) is 4.79 Å². The summed E-state index contributed by atoms with van der Waals surface area (Å²) in [5.41, 5.74) is 2.49. The van der Waals surface area contributed by atoms with Crippen LogP contribution in [0.15, 0.2) is 78.9 Å². The van der Waals surface area contributed by atoms with Crippen molar-refractivity contribution in [2.24, 2.45) is 0 Å². The number of carbonyl (C=O) groups is 1. The van der Waals surface area contributed by atoms with E-state index in [0.717, 1.165) is 28.4 Å². The highest BCUT2D eigenvalue weighted by Gasteiger charge is 2.12. The molecule has 0 aromatic heterocycles. The molecule has 1 N–H and O–H groups in total. The first-order valence-corrected chi connectivity index (χ1v) is 7.84. The van der Waals surface area contributed by atoms with Crippen LogP contribution < -0.4 is 5.32 Å². The molecular formula is C21H19NO. The molecular weight excluding hydrogens is 282 g/mol. The number of hydrogen-bond donors (Lipinski definition) is 1. The standard InChI is InChI=1S/C21H19NO/c1-2-9-19(17-10-4-3-5-11-17)21(23)22-20-15-8-13-16-12-6-7-14-18(16)20/h3-15H,2H2,1H3,(H,22,23)/b19-9+. The molecule has 3 aromatic carbocycles. The van der Waals surface area contributed by atoms with Gasteiger partial charge in [-0.15, -0.1) is 0 Å². The van der Waals surface area contributed by atoms with Gasteiger partial charge in [-0.05, 0) is 23.4 Å². The molecule has 23 heavy (non-hydrogen) atoms. The zero-order chi connectivity index (χ0) is 16.1. The fraction of sp³-hybridized carbons (Fsp3) is 0.0952. The minimum atomic E-state index is -0.0746. The van der Waals surface area contributed by atoms with Crippen molar-refractivity contribution in [2.45, 2.75) is 13.3 Å². The van der Waals surface area contributed by atoms with Gasteiger partial charge in [-0.1, -0.05) is 79.7 Å². The highest BCUT2D eigenvalue weighted by molar-refractivity contribution is 6.26. The summed E-state index contributed by atoms with van der Waals surface area (Å²) in [4.78, 5) is 12.8. The van der Waals surface area contributed by atoms with E-state index in [1.807, 2.05) is 85.8 Å². The van der Waals surface area contributed by atoms with Crippen molar-refractivity contribution < 1.29 is 4.79 Å². The lowest BCUT2D eigenvalue weighted by atomic mass is 10.0. The van der Waals surface area contributed by atoms with E-state index < -0.39 is 0 Å². The van der Waals surface area contributed by atoms with Crippen molar-refractivity contribution in [3.63, 3.8) is 0 Å². The number of anilines is 1. The maximum Gasteiger partial charge on any atom is 0.255 e. The third-order valence-corrected chi connectivity index (χ3v) is 3.78. The van der Waals surface area contributed by atoms with Crippen molar-refractivity contribution >= 4 is 27.9 Å². The van der Waals surface area contributed by atoms with Gasteiger partial charge < -0.3 is 5.32 Å². The normalized spacial score (nSPS) is 11.4. The van der Waals surface area contributed by atoms with Crippen LogP contribution in [0.3, 0.4) is 0 Å². The van der Waals surface area contributed by atoms with Gasteiger partial charge in [0.25, 0.3) is 5.91 Å². The molecule has 0 heterocycles. The SMILES string of the molecule is CC/C=C(/C(=O)Nc1cccc2ccccc12)c1ccccc1. The Morgan fingerprint density at radius 3 is 2.39 bits per heavy atom. The maximum absolute atomic E-state index is 12.8. The Morgan fingerprint density at radius 2 is 1.61 bits per heavy atom. The van der Waals surface area contributed by atoms with E-state index in [2.05, 4.69) is 5.32 Å². The summed E-state index contributed by atoms with van der Waals surface area (Å²) in [5, 5.41) is 5.23. The van der Waals surface area contributed by atoms with Gasteiger partial charge in [0, 0.05) is 16.6 Å². The number of fused-ring (bicyclic) bond motifs is 1. The molecule has 3 aromatic rings. The molecule has 0 unspecified atom stereocenters. The summed E-state index contributed by atoms with van der Waals surface area (Å²) in [7, 11) is 0. The monoisotopic (exact) mass is 301 g/mol. The maximum atomic E-state index is 12.8. The van der Waals surface area contributed by atoms with E-state index >= 15 is 0 Å². The molecule has 0 bridgehead atoms. The highest BCUT2D eigenvalue weighted by Crippen LogP contribution is 2.25. The molecule has 1 amide bonds. The summed E-state index contributed by atoms with van der Waals surface area (Å²) in [6.07, 6.45) is 2.78. The number of benzene rings is 3. The number of carbonyl (C=O) groups excluding carboxylic acids is 1. The molecule has 0 saturated carbocycles. The molecule has 0 spiro atoms. The van der Waals surface area contributed by atoms with Gasteiger partial charge in [0.1, 0.15) is 0 Å². The van der Waals surface area contributed by atoms with Gasteiger partial charge in [0.15, 0.2) is 0 Å². The minimum Gasteiger partial charge on any atom is -0.321 e. The average Bonchev–Trinajstić information content (AvgIpc) is 2.60. The Balaban J connectivity index is 1.94. The third kappa shape index (κ3) is 3.32. The van der Waals surface area contributed by atoms with Crippen LogP contribution in [0.2, 0.25) is 0 Å². The van der Waals surface area contributed by atoms with Gasteiger partial charge >= 0.3 is 0 Å². The Morgan fingerprint density at radius 1 is 0.913 bits per heavy atom. The van der Waals surface area contributed by atoms with E-state index in [1.165, 1.54) is 0 Å². The molecule has 0 aliphatic rings. The molecule has 0 saturated heterocycles. The van der Waals surface area contributed by atoms with Crippen LogP contribution in [0, 0.1) is 0 Å². The third-order valence-electron chi connectivity index (χ3n) is 3.78. The molecule has 2 nitrogen and oxygen atoms in total. The van der Waals surface area contributed by atoms with Crippen molar-refractivity contribution in [2.75, 3.05) is 5.32 Å². The van der Waals surface area contributed by atoms with Crippen molar-refractivity contribution in [1.29, 1.82) is 0 Å². The van der Waals surface area contributed by atoms with Gasteiger partial charge in [0.05, 0.1) is 0 Å². The predicted octanol–water partition coefficient (Wildman–Crippen LogP) is 5.27.